The van der Waals surface area contributed by atoms with Crippen LogP contribution in [-0.2, 0) is 14.8 Å². The van der Waals surface area contributed by atoms with E-state index in [4.69, 9.17) is 4.74 Å². The highest BCUT2D eigenvalue weighted by Gasteiger charge is 2.60. The molecule has 0 radical (unpaired) electrons. The van der Waals surface area contributed by atoms with Crippen LogP contribution in [0.25, 0.3) is 0 Å². The van der Waals surface area contributed by atoms with Crippen molar-refractivity contribution in [2.24, 2.45) is 11.3 Å². The van der Waals surface area contributed by atoms with Gasteiger partial charge in [0.2, 0.25) is 10.0 Å². The topological polar surface area (TPSA) is 63.7 Å². The van der Waals surface area contributed by atoms with Crippen LogP contribution < -0.4 is 0 Å². The van der Waals surface area contributed by atoms with E-state index in [0.29, 0.717) is 37.7 Å². The molecule has 1 saturated carbocycles. The zero-order valence-electron chi connectivity index (χ0n) is 13.9. The third-order valence-electron chi connectivity index (χ3n) is 6.11. The molecule has 1 aromatic carbocycles. The molecule has 3 fully saturated rings. The molecule has 3 aliphatic rings. The summed E-state index contributed by atoms with van der Waals surface area (Å²) in [5, 5.41) is 0. The van der Waals surface area contributed by atoms with Crippen LogP contribution in [-0.4, -0.2) is 44.3 Å². The summed E-state index contributed by atoms with van der Waals surface area (Å²) >= 11 is 0. The average molecular weight is 349 g/mol. The third-order valence-corrected chi connectivity index (χ3v) is 7.98. The summed E-state index contributed by atoms with van der Waals surface area (Å²) in [5.41, 5.74) is 0.584. The maximum atomic E-state index is 13.2. The Morgan fingerprint density at radius 2 is 2.12 bits per heavy atom. The number of fused-ring (bicyclic) bond motifs is 2. The van der Waals surface area contributed by atoms with Crippen molar-refractivity contribution >= 4 is 15.8 Å². The Morgan fingerprint density at radius 1 is 1.33 bits per heavy atom. The number of carbonyl (C=O) groups is 1. The number of hydrogen-bond donors (Lipinski definition) is 0. The predicted molar refractivity (Wildman–Crippen MR) is 89.3 cm³/mol. The van der Waals surface area contributed by atoms with Gasteiger partial charge in [-0.1, -0.05) is 25.5 Å². The van der Waals surface area contributed by atoms with E-state index >= 15 is 0 Å². The van der Waals surface area contributed by atoms with Crippen LogP contribution in [0.3, 0.4) is 0 Å². The molecule has 1 aliphatic carbocycles. The van der Waals surface area contributed by atoms with Crippen LogP contribution in [0.15, 0.2) is 29.2 Å². The zero-order chi connectivity index (χ0) is 16.9. The molecular weight excluding hydrogens is 326 g/mol. The SMILES string of the molecule is CCC(=O)c1cccc(S(=O)(=O)N2CC3(CCC3)[C@H]3COC[C@H]32)c1. The molecule has 2 aliphatic heterocycles. The first-order chi connectivity index (χ1) is 11.5. The molecule has 1 aromatic rings. The molecule has 0 N–H and O–H groups in total. The lowest BCUT2D eigenvalue weighted by molar-refractivity contribution is 0.0601. The second kappa shape index (κ2) is 5.64. The van der Waals surface area contributed by atoms with Gasteiger partial charge in [-0.25, -0.2) is 8.42 Å². The van der Waals surface area contributed by atoms with Crippen LogP contribution in [0.1, 0.15) is 43.0 Å². The first-order valence-corrected chi connectivity index (χ1v) is 10.1. The second-order valence-corrected chi connectivity index (χ2v) is 9.17. The van der Waals surface area contributed by atoms with Crippen molar-refractivity contribution in [1.29, 1.82) is 0 Å². The third kappa shape index (κ3) is 2.27. The van der Waals surface area contributed by atoms with Crippen molar-refractivity contribution < 1.29 is 17.9 Å². The van der Waals surface area contributed by atoms with E-state index in [2.05, 4.69) is 0 Å². The maximum absolute atomic E-state index is 13.2. The van der Waals surface area contributed by atoms with E-state index in [1.807, 2.05) is 0 Å². The van der Waals surface area contributed by atoms with Crippen LogP contribution in [0.4, 0.5) is 0 Å². The molecule has 4 rings (SSSR count). The number of ether oxygens (including phenoxy) is 1. The van der Waals surface area contributed by atoms with E-state index in [0.717, 1.165) is 12.8 Å². The number of sulfonamides is 1. The van der Waals surface area contributed by atoms with Crippen LogP contribution in [0.5, 0.6) is 0 Å². The van der Waals surface area contributed by atoms with Gasteiger partial charge in [0.15, 0.2) is 5.78 Å². The van der Waals surface area contributed by atoms with Gasteiger partial charge in [0.05, 0.1) is 24.2 Å². The van der Waals surface area contributed by atoms with Crippen molar-refractivity contribution in [3.8, 4) is 0 Å². The average Bonchev–Trinajstić information content (AvgIpc) is 3.14. The standard InChI is InChI=1S/C18H23NO4S/c1-2-17(20)13-5-3-6-14(9-13)24(21,22)19-12-18(7-4-8-18)15-10-23-11-16(15)19/h3,5-6,9,15-16H,2,4,7-8,10-12H2,1H3/t15-,16+/m0/s1. The number of hydrogen-bond acceptors (Lipinski definition) is 4. The molecule has 6 heteroatoms. The van der Waals surface area contributed by atoms with Gasteiger partial charge in [0.1, 0.15) is 0 Å². The molecule has 5 nitrogen and oxygen atoms in total. The highest BCUT2D eigenvalue weighted by Crippen LogP contribution is 2.56. The fourth-order valence-electron chi connectivity index (χ4n) is 4.55. The highest BCUT2D eigenvalue weighted by atomic mass is 32.2. The number of rotatable bonds is 4. The summed E-state index contributed by atoms with van der Waals surface area (Å²) in [6.45, 7) is 3.54. The summed E-state index contributed by atoms with van der Waals surface area (Å²) in [6, 6.07) is 6.41. The lowest BCUT2D eigenvalue weighted by atomic mass is 9.62. The number of ketones is 1. The zero-order valence-corrected chi connectivity index (χ0v) is 14.7. The van der Waals surface area contributed by atoms with Crippen LogP contribution in [0.2, 0.25) is 0 Å². The molecule has 24 heavy (non-hydrogen) atoms. The number of Topliss-reactive ketones (excluding diaryl/α,β-unsaturated/α-hetero) is 1. The van der Waals surface area contributed by atoms with Gasteiger partial charge in [-0.3, -0.25) is 4.79 Å². The Balaban J connectivity index is 1.69. The summed E-state index contributed by atoms with van der Waals surface area (Å²) in [4.78, 5) is 12.2. The van der Waals surface area contributed by atoms with E-state index in [1.54, 1.807) is 29.4 Å². The fraction of sp³-hybridized carbons (Fsp3) is 0.611. The molecule has 2 atom stereocenters. The molecule has 1 spiro atoms. The molecule has 0 bridgehead atoms. The quantitative estimate of drug-likeness (QED) is 0.784. The molecule has 130 valence electrons. The smallest absolute Gasteiger partial charge is 0.243 e. The van der Waals surface area contributed by atoms with Gasteiger partial charge in [-0.2, -0.15) is 4.31 Å². The fourth-order valence-corrected chi connectivity index (χ4v) is 6.34. The van der Waals surface area contributed by atoms with Crippen molar-refractivity contribution in [1.82, 2.24) is 4.31 Å². The Labute approximate surface area is 143 Å². The van der Waals surface area contributed by atoms with Gasteiger partial charge in [-0.15, -0.1) is 0 Å². The van der Waals surface area contributed by atoms with Gasteiger partial charge in [0, 0.05) is 24.4 Å². The minimum Gasteiger partial charge on any atom is -0.379 e. The van der Waals surface area contributed by atoms with Gasteiger partial charge in [-0.05, 0) is 30.4 Å². The van der Waals surface area contributed by atoms with Crippen molar-refractivity contribution in [2.75, 3.05) is 19.8 Å². The molecule has 0 amide bonds. The highest BCUT2D eigenvalue weighted by molar-refractivity contribution is 7.89. The number of nitrogens with zero attached hydrogens (tertiary/aromatic N) is 1. The van der Waals surface area contributed by atoms with Crippen molar-refractivity contribution in [3.63, 3.8) is 0 Å². The van der Waals surface area contributed by atoms with Crippen molar-refractivity contribution in [2.45, 2.75) is 43.5 Å². The Morgan fingerprint density at radius 3 is 2.79 bits per heavy atom. The monoisotopic (exact) mass is 349 g/mol. The summed E-state index contributed by atoms with van der Waals surface area (Å²) in [7, 11) is -3.60. The van der Waals surface area contributed by atoms with E-state index < -0.39 is 10.0 Å². The van der Waals surface area contributed by atoms with E-state index in [1.165, 1.54) is 12.5 Å². The summed E-state index contributed by atoms with van der Waals surface area (Å²) in [6.07, 6.45) is 3.74. The Bertz CT molecular complexity index is 769. The molecule has 2 saturated heterocycles. The molecular formula is C18H23NO4S. The molecule has 0 unspecified atom stereocenters. The number of benzene rings is 1. The van der Waals surface area contributed by atoms with Gasteiger partial charge < -0.3 is 4.74 Å². The maximum Gasteiger partial charge on any atom is 0.243 e. The predicted octanol–water partition coefficient (Wildman–Crippen LogP) is 2.47. The minimum absolute atomic E-state index is 0.0361. The van der Waals surface area contributed by atoms with E-state index in [-0.39, 0.29) is 22.1 Å². The van der Waals surface area contributed by atoms with Crippen LogP contribution >= 0.6 is 0 Å². The van der Waals surface area contributed by atoms with Gasteiger partial charge in [0.25, 0.3) is 0 Å². The lowest BCUT2D eigenvalue weighted by Crippen LogP contribution is -2.39. The largest absolute Gasteiger partial charge is 0.379 e. The first-order valence-electron chi connectivity index (χ1n) is 8.71. The second-order valence-electron chi connectivity index (χ2n) is 7.28. The molecule has 0 aromatic heterocycles. The first kappa shape index (κ1) is 16.2. The normalized spacial score (nSPS) is 28.7. The van der Waals surface area contributed by atoms with Gasteiger partial charge >= 0.3 is 0 Å². The van der Waals surface area contributed by atoms with Crippen LogP contribution in [0, 0.1) is 11.3 Å². The summed E-state index contributed by atoms with van der Waals surface area (Å²) in [5.74, 6) is 0.285. The lowest BCUT2D eigenvalue weighted by Gasteiger charge is -2.42. The van der Waals surface area contributed by atoms with E-state index in [9.17, 15) is 13.2 Å². The minimum atomic E-state index is -3.60. The summed E-state index contributed by atoms with van der Waals surface area (Å²) < 4.78 is 33.7. The Hall–Kier alpha value is -1.24. The Kier molecular flexibility index (Phi) is 3.82. The number of carbonyl (C=O) groups excluding carboxylic acids is 1. The van der Waals surface area contributed by atoms with Crippen molar-refractivity contribution in [3.05, 3.63) is 29.8 Å². The molecule has 2 heterocycles.